The molecule has 3 heterocycles. The first kappa shape index (κ1) is 25.9. The molecule has 6 fully saturated rings. The highest BCUT2D eigenvalue weighted by Crippen LogP contribution is 2.41. The highest BCUT2D eigenvalue weighted by Gasteiger charge is 2.58. The predicted molar refractivity (Wildman–Crippen MR) is 137 cm³/mol. The summed E-state index contributed by atoms with van der Waals surface area (Å²) in [6, 6.07) is 0.697. The van der Waals surface area contributed by atoms with Crippen molar-refractivity contribution in [2.75, 3.05) is 32.5 Å². The molecule has 198 valence electrons. The molecule has 2 atom stereocenters. The van der Waals surface area contributed by atoms with Crippen LogP contribution in [0.1, 0.15) is 96.3 Å². The summed E-state index contributed by atoms with van der Waals surface area (Å²) in [6.07, 6.45) is 21.1. The van der Waals surface area contributed by atoms with Crippen molar-refractivity contribution in [3.05, 3.63) is 12.7 Å². The lowest BCUT2D eigenvalue weighted by atomic mass is 9.82. The first-order valence-corrected chi connectivity index (χ1v) is 16.7. The molecule has 6 nitrogen and oxygen atoms in total. The van der Waals surface area contributed by atoms with Crippen molar-refractivity contribution in [3.8, 4) is 0 Å². The van der Waals surface area contributed by atoms with Crippen molar-refractivity contribution in [1.82, 2.24) is 0 Å². The minimum Gasteiger partial charge on any atom is -0.458 e. The summed E-state index contributed by atoms with van der Waals surface area (Å²) in [6.45, 7) is 7.46. The number of nitrogens with zero attached hydrogens (tertiary/aromatic N) is 1. The third-order valence-electron chi connectivity index (χ3n) is 9.87. The van der Waals surface area contributed by atoms with Crippen LogP contribution in [0.3, 0.4) is 0 Å². The molecule has 35 heavy (non-hydrogen) atoms. The van der Waals surface area contributed by atoms with Gasteiger partial charge in [-0.2, -0.15) is 0 Å². The summed E-state index contributed by atoms with van der Waals surface area (Å²) in [5, 5.41) is 0. The van der Waals surface area contributed by atoms with Gasteiger partial charge in [0, 0.05) is 6.08 Å². The van der Waals surface area contributed by atoms with E-state index in [1.165, 1.54) is 102 Å². The largest absolute Gasteiger partial charge is 0.541 e. The lowest BCUT2D eigenvalue weighted by Gasteiger charge is -2.56. The van der Waals surface area contributed by atoms with Gasteiger partial charge >= 0.3 is 14.8 Å². The molecule has 7 heteroatoms. The number of esters is 1. The van der Waals surface area contributed by atoms with Crippen LogP contribution in [0.15, 0.2) is 12.7 Å². The Hall–Kier alpha value is -0.733. The lowest BCUT2D eigenvalue weighted by molar-refractivity contribution is -0.960. The fourth-order valence-corrected chi connectivity index (χ4v) is 10.5. The third kappa shape index (κ3) is 6.06. The van der Waals surface area contributed by atoms with Crippen molar-refractivity contribution in [3.63, 3.8) is 0 Å². The summed E-state index contributed by atoms with van der Waals surface area (Å²) >= 11 is 0. The predicted octanol–water partition coefficient (Wildman–Crippen LogP) is 5.32. The molecular formula is C28H48NO5Si+. The second-order valence-corrected chi connectivity index (χ2v) is 14.5. The number of fused-ring (bicyclic) bond motifs is 6. The monoisotopic (exact) mass is 506 g/mol. The van der Waals surface area contributed by atoms with Crippen LogP contribution in [-0.4, -0.2) is 70.0 Å². The zero-order chi connectivity index (χ0) is 24.1. The van der Waals surface area contributed by atoms with Gasteiger partial charge < -0.3 is 22.5 Å². The summed E-state index contributed by atoms with van der Waals surface area (Å²) in [5.74, 6) is 0.703. The molecule has 6 rings (SSSR count). The van der Waals surface area contributed by atoms with E-state index in [0.29, 0.717) is 24.5 Å². The summed E-state index contributed by atoms with van der Waals surface area (Å²) in [7, 11) is -3.18. The zero-order valence-electron chi connectivity index (χ0n) is 21.8. The van der Waals surface area contributed by atoms with Crippen molar-refractivity contribution >= 4 is 14.8 Å². The Morgan fingerprint density at radius 3 is 1.86 bits per heavy atom. The van der Waals surface area contributed by atoms with Gasteiger partial charge in [-0.05, 0) is 63.2 Å². The van der Waals surface area contributed by atoms with E-state index in [0.717, 1.165) is 24.1 Å². The Morgan fingerprint density at radius 1 is 0.829 bits per heavy atom. The Balaban J connectivity index is 1.48. The molecule has 2 bridgehead atoms. The van der Waals surface area contributed by atoms with Gasteiger partial charge in [-0.25, -0.2) is 4.79 Å². The van der Waals surface area contributed by atoms with Gasteiger partial charge in [0.2, 0.25) is 0 Å². The molecule has 6 aliphatic rings. The molecule has 3 aliphatic carbocycles. The SMILES string of the molecule is C=CC(=O)OC[Si]12OCC[N+](C3CCCCC3)(CC(C3CCCCC3)O1)CC(C1CCCCC1)O2. The highest BCUT2D eigenvalue weighted by molar-refractivity contribution is 6.61. The highest BCUT2D eigenvalue weighted by atomic mass is 28.4. The van der Waals surface area contributed by atoms with Crippen LogP contribution >= 0.6 is 0 Å². The number of hydrogen-bond acceptors (Lipinski definition) is 5. The fourth-order valence-electron chi connectivity index (χ4n) is 7.93. The van der Waals surface area contributed by atoms with Crippen LogP contribution in [0.5, 0.6) is 0 Å². The van der Waals surface area contributed by atoms with Crippen molar-refractivity contribution in [1.29, 1.82) is 0 Å². The van der Waals surface area contributed by atoms with E-state index in [1.54, 1.807) is 0 Å². The quantitative estimate of drug-likeness (QED) is 0.211. The topological polar surface area (TPSA) is 54.0 Å². The molecule has 2 unspecified atom stereocenters. The van der Waals surface area contributed by atoms with Gasteiger partial charge in [0.25, 0.3) is 0 Å². The molecule has 0 radical (unpaired) electrons. The molecule has 3 aliphatic heterocycles. The third-order valence-corrected chi connectivity index (χ3v) is 12.3. The van der Waals surface area contributed by atoms with Gasteiger partial charge in [0.1, 0.15) is 31.8 Å². The summed E-state index contributed by atoms with van der Waals surface area (Å²) in [5.41, 5.74) is 0. The molecule has 0 aromatic heterocycles. The Morgan fingerprint density at radius 2 is 1.34 bits per heavy atom. The van der Waals surface area contributed by atoms with E-state index in [4.69, 9.17) is 18.0 Å². The van der Waals surface area contributed by atoms with Crippen LogP contribution in [0, 0.1) is 11.8 Å². The molecular weight excluding hydrogens is 458 g/mol. The van der Waals surface area contributed by atoms with Crippen molar-refractivity contribution in [2.45, 2.75) is 115 Å². The molecule has 0 N–H and O–H groups in total. The number of carbonyl (C=O) groups excluding carboxylic acids is 1. The van der Waals surface area contributed by atoms with E-state index < -0.39 is 14.8 Å². The van der Waals surface area contributed by atoms with Crippen LogP contribution in [0.25, 0.3) is 0 Å². The number of ether oxygens (including phenoxy) is 1. The zero-order valence-corrected chi connectivity index (χ0v) is 22.8. The maximum Gasteiger partial charge on any atom is 0.541 e. The molecule has 0 aromatic carbocycles. The van der Waals surface area contributed by atoms with Crippen molar-refractivity contribution < 1.29 is 27.3 Å². The Labute approximate surface area is 213 Å². The van der Waals surface area contributed by atoms with Gasteiger partial charge in [-0.15, -0.1) is 0 Å². The molecule has 0 spiro atoms. The summed E-state index contributed by atoms with van der Waals surface area (Å²) in [4.78, 5) is 12.1. The van der Waals surface area contributed by atoms with E-state index in [1.807, 2.05) is 0 Å². The van der Waals surface area contributed by atoms with Crippen molar-refractivity contribution in [2.24, 2.45) is 11.8 Å². The minimum absolute atomic E-state index is 0.119. The second kappa shape index (κ2) is 11.8. The van der Waals surface area contributed by atoms with Crippen LogP contribution in [0.2, 0.25) is 0 Å². The fraction of sp³-hybridized carbons (Fsp3) is 0.893. The van der Waals surface area contributed by atoms with Gasteiger partial charge in [0.05, 0.1) is 12.6 Å². The first-order chi connectivity index (χ1) is 17.1. The molecule has 3 saturated carbocycles. The number of quaternary nitrogens is 1. The first-order valence-electron chi connectivity index (χ1n) is 14.8. The smallest absolute Gasteiger partial charge is 0.458 e. The molecule has 3 saturated heterocycles. The van der Waals surface area contributed by atoms with Gasteiger partial charge in [-0.1, -0.05) is 51.5 Å². The standard InChI is InChI=1S/C28H48NO5Si/c1-2-28(30)31-22-35-32-19-18-29(25-16-10-5-11-17-25,20-26(33-35)23-12-6-3-7-13-23)21-27(34-35)24-14-8-4-9-15-24/h2,23-27H,1,3-22H2/q+1. The lowest BCUT2D eigenvalue weighted by Crippen LogP contribution is -2.72. The maximum atomic E-state index is 12.1. The van der Waals surface area contributed by atoms with E-state index in [2.05, 4.69) is 6.58 Å². The summed E-state index contributed by atoms with van der Waals surface area (Å²) < 4.78 is 27.6. The Kier molecular flexibility index (Phi) is 8.70. The van der Waals surface area contributed by atoms with E-state index in [-0.39, 0.29) is 18.4 Å². The van der Waals surface area contributed by atoms with Crippen LogP contribution in [0.4, 0.5) is 0 Å². The minimum atomic E-state index is -3.18. The normalized spacial score (nSPS) is 38.3. The average Bonchev–Trinajstić information content (AvgIpc) is 2.89. The molecule has 0 aromatic rings. The number of hydrogen-bond donors (Lipinski definition) is 0. The Bertz CT molecular complexity index is 684. The van der Waals surface area contributed by atoms with Gasteiger partial charge in [0.15, 0.2) is 6.23 Å². The number of rotatable bonds is 6. The second-order valence-electron chi connectivity index (χ2n) is 12.1. The van der Waals surface area contributed by atoms with Gasteiger partial charge in [-0.3, -0.25) is 0 Å². The average molecular weight is 507 g/mol. The number of carbonyl (C=O) groups is 1. The molecule has 0 amide bonds. The maximum absolute atomic E-state index is 12.1. The van der Waals surface area contributed by atoms with Crippen LogP contribution < -0.4 is 0 Å². The van der Waals surface area contributed by atoms with E-state index in [9.17, 15) is 4.79 Å². The van der Waals surface area contributed by atoms with E-state index >= 15 is 0 Å². The van der Waals surface area contributed by atoms with Crippen LogP contribution in [-0.2, 0) is 22.8 Å².